The molecule has 278 valence electrons. The van der Waals surface area contributed by atoms with Gasteiger partial charge in [0.1, 0.15) is 8.07 Å². The summed E-state index contributed by atoms with van der Waals surface area (Å²) in [6.07, 6.45) is 2.68. The molecule has 3 aliphatic rings. The van der Waals surface area contributed by atoms with Crippen molar-refractivity contribution >= 4 is 62.1 Å². The lowest BCUT2D eigenvalue weighted by Crippen LogP contribution is -2.61. The van der Waals surface area contributed by atoms with E-state index in [9.17, 15) is 0 Å². The van der Waals surface area contributed by atoms with Gasteiger partial charge in [-0.1, -0.05) is 166 Å². The Morgan fingerprint density at radius 1 is 0.431 bits per heavy atom. The largest absolute Gasteiger partial charge is 0.345 e. The highest BCUT2D eigenvalue weighted by Gasteiger charge is 2.46. The van der Waals surface area contributed by atoms with Gasteiger partial charge in [0.2, 0.25) is 0 Å². The SMILES string of the molecule is CN1c2ccccc2[Si]2(CCCC2)c2ccc(-c3c4ccccc4c(-c4ccc5c(c4)C(C)(C)c4ccccc4-5)c4cc(-c5ccc6ccccc6c5)ccc34)cc21. The van der Waals surface area contributed by atoms with Crippen molar-refractivity contribution in [3.05, 3.63) is 181 Å². The second-order valence-electron chi connectivity index (χ2n) is 17.6. The van der Waals surface area contributed by atoms with Gasteiger partial charge in [-0.2, -0.15) is 0 Å². The average molecular weight is 760 g/mol. The number of hydrogen-bond donors (Lipinski definition) is 0. The van der Waals surface area contributed by atoms with Crippen molar-refractivity contribution in [3.8, 4) is 44.5 Å². The van der Waals surface area contributed by atoms with Crippen molar-refractivity contribution in [1.82, 2.24) is 0 Å². The van der Waals surface area contributed by atoms with Gasteiger partial charge in [0.05, 0.1) is 0 Å². The first kappa shape index (κ1) is 33.9. The molecule has 9 aromatic carbocycles. The average Bonchev–Trinajstić information content (AvgIpc) is 3.85. The van der Waals surface area contributed by atoms with Gasteiger partial charge in [-0.05, 0) is 141 Å². The van der Waals surface area contributed by atoms with Crippen molar-refractivity contribution in [2.75, 3.05) is 11.9 Å². The quantitative estimate of drug-likeness (QED) is 0.128. The Hall–Kier alpha value is -6.22. The molecule has 0 atom stereocenters. The Kier molecular flexibility index (Phi) is 7.24. The first-order chi connectivity index (χ1) is 28.4. The van der Waals surface area contributed by atoms with Crippen LogP contribution < -0.4 is 15.3 Å². The molecule has 9 aromatic rings. The summed E-state index contributed by atoms with van der Waals surface area (Å²) in [6, 6.07) is 67.9. The molecular weight excluding hydrogens is 715 g/mol. The number of hydrogen-bond acceptors (Lipinski definition) is 1. The van der Waals surface area contributed by atoms with Gasteiger partial charge in [0, 0.05) is 23.8 Å². The summed E-state index contributed by atoms with van der Waals surface area (Å²) < 4.78 is 0. The van der Waals surface area contributed by atoms with Gasteiger partial charge in [-0.25, -0.2) is 0 Å². The Labute approximate surface area is 342 Å². The number of para-hydroxylation sites is 1. The third-order valence-corrected chi connectivity index (χ3v) is 19.7. The van der Waals surface area contributed by atoms with Crippen LogP contribution in [0.2, 0.25) is 12.1 Å². The molecule has 1 saturated heterocycles. The van der Waals surface area contributed by atoms with E-state index in [1.165, 1.54) is 124 Å². The maximum Gasteiger partial charge on any atom is 0.123 e. The van der Waals surface area contributed by atoms with Crippen LogP contribution in [0.1, 0.15) is 37.8 Å². The Morgan fingerprint density at radius 3 is 1.86 bits per heavy atom. The van der Waals surface area contributed by atoms with Crippen LogP contribution in [-0.4, -0.2) is 15.1 Å². The van der Waals surface area contributed by atoms with Crippen LogP contribution in [0.5, 0.6) is 0 Å². The molecule has 58 heavy (non-hydrogen) atoms. The summed E-state index contributed by atoms with van der Waals surface area (Å²) in [6.45, 7) is 4.78. The summed E-state index contributed by atoms with van der Waals surface area (Å²) in [5.74, 6) is 0. The molecule has 0 unspecified atom stereocenters. The van der Waals surface area contributed by atoms with Gasteiger partial charge in [-0.15, -0.1) is 0 Å². The zero-order chi connectivity index (χ0) is 38.8. The van der Waals surface area contributed by atoms with E-state index in [0.717, 1.165) is 0 Å². The van der Waals surface area contributed by atoms with Gasteiger partial charge in [0.25, 0.3) is 0 Å². The van der Waals surface area contributed by atoms with Crippen LogP contribution in [0, 0.1) is 0 Å². The molecule has 2 heterocycles. The lowest BCUT2D eigenvalue weighted by atomic mass is 9.80. The summed E-state index contributed by atoms with van der Waals surface area (Å²) in [5.41, 5.74) is 16.0. The minimum absolute atomic E-state index is 0.0858. The summed E-state index contributed by atoms with van der Waals surface area (Å²) in [7, 11) is 0.455. The minimum atomic E-state index is -1.84. The van der Waals surface area contributed by atoms with Crippen molar-refractivity contribution in [2.45, 2.75) is 44.2 Å². The lowest BCUT2D eigenvalue weighted by Gasteiger charge is -2.41. The highest BCUT2D eigenvalue weighted by atomic mass is 28.3. The molecule has 0 radical (unpaired) electrons. The topological polar surface area (TPSA) is 3.24 Å². The highest BCUT2D eigenvalue weighted by molar-refractivity contribution is 7.04. The Morgan fingerprint density at radius 2 is 1.02 bits per heavy atom. The standard InChI is InChI=1S/C56H45NSi/c1-56(2)48-19-9-8-16-42(48)43-27-25-40(34-49(43)56)55-45-18-7-6-17-44(45)54(46-28-24-39(33-47(46)55)38-23-22-36-14-4-5-15-37(36)32-38)41-26-29-53-51(35-41)57(3)50-20-10-11-21-52(50)58(53)30-12-13-31-58/h4-11,14-29,32-35H,12-13,30-31H2,1-3H3. The van der Waals surface area contributed by atoms with E-state index in [4.69, 9.17) is 0 Å². The summed E-state index contributed by atoms with van der Waals surface area (Å²) in [5, 5.41) is 11.0. The maximum absolute atomic E-state index is 2.55. The Balaban J connectivity index is 1.13. The van der Waals surface area contributed by atoms with Crippen LogP contribution >= 0.6 is 0 Å². The molecule has 0 amide bonds. The van der Waals surface area contributed by atoms with E-state index in [2.05, 4.69) is 196 Å². The van der Waals surface area contributed by atoms with Crippen LogP contribution in [0.25, 0.3) is 76.8 Å². The van der Waals surface area contributed by atoms with E-state index in [-0.39, 0.29) is 5.41 Å². The number of fused-ring (bicyclic) bond motifs is 10. The fourth-order valence-corrected chi connectivity index (χ4v) is 17.2. The Bertz CT molecular complexity index is 3180. The highest BCUT2D eigenvalue weighted by Crippen LogP contribution is 2.52. The van der Waals surface area contributed by atoms with Gasteiger partial charge >= 0.3 is 0 Å². The van der Waals surface area contributed by atoms with Crippen LogP contribution in [-0.2, 0) is 5.41 Å². The predicted molar refractivity (Wildman–Crippen MR) is 251 cm³/mol. The van der Waals surface area contributed by atoms with Crippen molar-refractivity contribution in [1.29, 1.82) is 0 Å². The molecule has 0 bridgehead atoms. The molecule has 1 spiro atoms. The number of benzene rings is 9. The number of anilines is 2. The van der Waals surface area contributed by atoms with Gasteiger partial charge in [-0.3, -0.25) is 0 Å². The van der Waals surface area contributed by atoms with Crippen LogP contribution in [0.15, 0.2) is 170 Å². The van der Waals surface area contributed by atoms with Crippen molar-refractivity contribution in [3.63, 3.8) is 0 Å². The van der Waals surface area contributed by atoms with Gasteiger partial charge < -0.3 is 4.90 Å². The van der Waals surface area contributed by atoms with E-state index < -0.39 is 8.07 Å². The molecule has 1 nitrogen and oxygen atoms in total. The molecule has 0 saturated carbocycles. The summed E-state index contributed by atoms with van der Waals surface area (Å²) >= 11 is 0. The van der Waals surface area contributed by atoms with Gasteiger partial charge in [0.15, 0.2) is 0 Å². The molecule has 1 fully saturated rings. The third kappa shape index (κ3) is 4.70. The van der Waals surface area contributed by atoms with Crippen LogP contribution in [0.3, 0.4) is 0 Å². The molecule has 12 rings (SSSR count). The monoisotopic (exact) mass is 759 g/mol. The zero-order valence-corrected chi connectivity index (χ0v) is 34.4. The van der Waals surface area contributed by atoms with Crippen molar-refractivity contribution in [2.24, 2.45) is 0 Å². The smallest absolute Gasteiger partial charge is 0.123 e. The van der Waals surface area contributed by atoms with Crippen molar-refractivity contribution < 1.29 is 0 Å². The molecule has 2 heteroatoms. The molecular formula is C56H45NSi. The van der Waals surface area contributed by atoms with Crippen LogP contribution in [0.4, 0.5) is 11.4 Å². The molecule has 0 aromatic heterocycles. The number of rotatable bonds is 3. The first-order valence-electron chi connectivity index (χ1n) is 21.1. The minimum Gasteiger partial charge on any atom is -0.345 e. The predicted octanol–water partition coefficient (Wildman–Crippen LogP) is 13.9. The van der Waals surface area contributed by atoms with E-state index >= 15 is 0 Å². The normalized spacial score (nSPS) is 15.8. The molecule has 2 aliphatic heterocycles. The lowest BCUT2D eigenvalue weighted by molar-refractivity contribution is 0.660. The maximum atomic E-state index is 2.55. The fraction of sp³-hybridized carbons (Fsp3) is 0.143. The van der Waals surface area contributed by atoms with E-state index in [0.29, 0.717) is 0 Å². The third-order valence-electron chi connectivity index (χ3n) is 14.4. The number of nitrogens with zero attached hydrogens (tertiary/aromatic N) is 1. The molecule has 0 N–H and O–H groups in total. The van der Waals surface area contributed by atoms with E-state index in [1.807, 2.05) is 0 Å². The molecule has 1 aliphatic carbocycles. The summed E-state index contributed by atoms with van der Waals surface area (Å²) in [4.78, 5) is 2.49. The second kappa shape index (κ2) is 12.4. The van der Waals surface area contributed by atoms with E-state index in [1.54, 1.807) is 10.4 Å². The second-order valence-corrected chi connectivity index (χ2v) is 21.9. The first-order valence-corrected chi connectivity index (χ1v) is 23.5. The fourth-order valence-electron chi connectivity index (χ4n) is 11.5. The zero-order valence-electron chi connectivity index (χ0n) is 33.4.